The van der Waals surface area contributed by atoms with Crippen molar-refractivity contribution in [2.24, 2.45) is 5.10 Å². The molecule has 4 aromatic carbocycles. The Morgan fingerprint density at radius 1 is 0.872 bits per heavy atom. The first-order valence-corrected chi connectivity index (χ1v) is 13.2. The van der Waals surface area contributed by atoms with Crippen LogP contribution in [0.25, 0.3) is 22.3 Å². The molecule has 0 spiro atoms. The van der Waals surface area contributed by atoms with E-state index in [1.165, 1.54) is 4.68 Å². The van der Waals surface area contributed by atoms with Crippen LogP contribution in [0.1, 0.15) is 18.1 Å². The Morgan fingerprint density at radius 2 is 1.64 bits per heavy atom. The fourth-order valence-electron chi connectivity index (χ4n) is 3.98. The summed E-state index contributed by atoms with van der Waals surface area (Å²) in [5, 5.41) is 6.22. The molecule has 0 aliphatic heterocycles. The maximum absolute atomic E-state index is 13.4. The Kier molecular flexibility index (Phi) is 8.17. The van der Waals surface area contributed by atoms with Gasteiger partial charge in [0.15, 0.2) is 17.3 Å². The minimum absolute atomic E-state index is 0.211. The molecule has 0 radical (unpaired) electrons. The second kappa shape index (κ2) is 11.9. The fourth-order valence-corrected chi connectivity index (χ4v) is 4.57. The number of fused-ring (bicyclic) bond motifs is 1. The summed E-state index contributed by atoms with van der Waals surface area (Å²) in [5.41, 5.74) is 2.51. The second-order valence-electron chi connectivity index (χ2n) is 8.48. The molecule has 5 rings (SSSR count). The average molecular weight is 579 g/mol. The zero-order valence-corrected chi connectivity index (χ0v) is 23.0. The van der Waals surface area contributed by atoms with E-state index >= 15 is 0 Å². The van der Waals surface area contributed by atoms with Gasteiger partial charge < -0.3 is 9.47 Å². The highest BCUT2D eigenvalue weighted by Gasteiger charge is 2.15. The summed E-state index contributed by atoms with van der Waals surface area (Å²) in [4.78, 5) is 18.1. The second-order valence-corrected chi connectivity index (χ2v) is 9.70. The van der Waals surface area contributed by atoms with Crippen molar-refractivity contribution in [2.45, 2.75) is 13.5 Å². The Hall–Kier alpha value is -3.84. The molecule has 5 aromatic rings. The van der Waals surface area contributed by atoms with Crippen molar-refractivity contribution < 1.29 is 9.47 Å². The fraction of sp³-hybridized carbons (Fsp3) is 0.100. The third kappa shape index (κ3) is 5.93. The van der Waals surface area contributed by atoms with E-state index in [-0.39, 0.29) is 12.2 Å². The van der Waals surface area contributed by atoms with Crippen LogP contribution in [-0.4, -0.2) is 22.5 Å². The van der Waals surface area contributed by atoms with Crippen LogP contribution in [0.15, 0.2) is 94.8 Å². The topological polar surface area (TPSA) is 65.7 Å². The van der Waals surface area contributed by atoms with Gasteiger partial charge in [-0.1, -0.05) is 83.3 Å². The molecular formula is C30H22Cl3N3O3. The van der Waals surface area contributed by atoms with E-state index in [1.807, 2.05) is 55.5 Å². The third-order valence-electron chi connectivity index (χ3n) is 5.81. The van der Waals surface area contributed by atoms with Gasteiger partial charge in [-0.2, -0.15) is 9.78 Å². The van der Waals surface area contributed by atoms with Crippen molar-refractivity contribution in [3.05, 3.63) is 121 Å². The monoisotopic (exact) mass is 577 g/mol. The van der Waals surface area contributed by atoms with Gasteiger partial charge in [-0.15, -0.1) is 0 Å². The van der Waals surface area contributed by atoms with Crippen LogP contribution >= 0.6 is 34.8 Å². The van der Waals surface area contributed by atoms with Gasteiger partial charge in [0, 0.05) is 5.56 Å². The number of para-hydroxylation sites is 1. The number of aromatic nitrogens is 2. The highest BCUT2D eigenvalue weighted by molar-refractivity contribution is 6.42. The van der Waals surface area contributed by atoms with Crippen LogP contribution in [0.3, 0.4) is 0 Å². The highest BCUT2D eigenvalue weighted by Crippen LogP contribution is 2.37. The quantitative estimate of drug-likeness (QED) is 0.176. The first-order valence-electron chi connectivity index (χ1n) is 12.1. The predicted octanol–water partition coefficient (Wildman–Crippen LogP) is 7.88. The van der Waals surface area contributed by atoms with Crippen LogP contribution in [0, 0.1) is 0 Å². The van der Waals surface area contributed by atoms with E-state index in [0.717, 1.165) is 11.1 Å². The molecule has 1 heterocycles. The minimum Gasteiger partial charge on any atom is -0.490 e. The third-order valence-corrected chi connectivity index (χ3v) is 6.83. The molecule has 0 bridgehead atoms. The van der Waals surface area contributed by atoms with Gasteiger partial charge in [0.1, 0.15) is 6.61 Å². The molecule has 196 valence electrons. The molecule has 0 N–H and O–H groups in total. The van der Waals surface area contributed by atoms with Gasteiger partial charge in [-0.3, -0.25) is 4.79 Å². The highest BCUT2D eigenvalue weighted by atomic mass is 35.5. The molecule has 0 saturated heterocycles. The van der Waals surface area contributed by atoms with E-state index in [9.17, 15) is 4.79 Å². The zero-order valence-electron chi connectivity index (χ0n) is 20.8. The van der Waals surface area contributed by atoms with Gasteiger partial charge in [-0.05, 0) is 54.4 Å². The Labute approximate surface area is 240 Å². The van der Waals surface area contributed by atoms with Crippen molar-refractivity contribution in [2.75, 3.05) is 6.61 Å². The van der Waals surface area contributed by atoms with Crippen LogP contribution in [0.2, 0.25) is 15.1 Å². The Morgan fingerprint density at radius 3 is 2.41 bits per heavy atom. The van der Waals surface area contributed by atoms with Gasteiger partial charge in [-0.25, -0.2) is 4.98 Å². The van der Waals surface area contributed by atoms with Crippen LogP contribution in [0.4, 0.5) is 0 Å². The molecule has 0 aliphatic rings. The number of halogens is 3. The van der Waals surface area contributed by atoms with Crippen LogP contribution in [-0.2, 0) is 6.61 Å². The van der Waals surface area contributed by atoms with Gasteiger partial charge >= 0.3 is 0 Å². The molecule has 0 amide bonds. The van der Waals surface area contributed by atoms with Crippen molar-refractivity contribution in [3.8, 4) is 22.9 Å². The molecule has 0 saturated carbocycles. The van der Waals surface area contributed by atoms with E-state index in [4.69, 9.17) is 49.3 Å². The summed E-state index contributed by atoms with van der Waals surface area (Å²) in [7, 11) is 0. The molecule has 0 fully saturated rings. The van der Waals surface area contributed by atoms with Gasteiger partial charge in [0.25, 0.3) is 5.56 Å². The van der Waals surface area contributed by atoms with Gasteiger partial charge in [0.2, 0.25) is 0 Å². The van der Waals surface area contributed by atoms with Crippen molar-refractivity contribution in [3.63, 3.8) is 0 Å². The average Bonchev–Trinajstić information content (AvgIpc) is 2.94. The normalized spacial score (nSPS) is 11.3. The lowest BCUT2D eigenvalue weighted by Gasteiger charge is -2.15. The number of benzene rings is 4. The molecule has 0 unspecified atom stereocenters. The lowest BCUT2D eigenvalue weighted by atomic mass is 10.2. The van der Waals surface area contributed by atoms with Crippen molar-refractivity contribution in [1.29, 1.82) is 0 Å². The van der Waals surface area contributed by atoms with E-state index in [2.05, 4.69) is 5.10 Å². The van der Waals surface area contributed by atoms with E-state index in [0.29, 0.717) is 55.5 Å². The number of hydrogen-bond acceptors (Lipinski definition) is 5. The summed E-state index contributed by atoms with van der Waals surface area (Å²) in [6, 6.07) is 25.3. The Bertz CT molecular complexity index is 1740. The van der Waals surface area contributed by atoms with Crippen LogP contribution < -0.4 is 15.0 Å². The summed E-state index contributed by atoms with van der Waals surface area (Å²) in [6.45, 7) is 2.47. The van der Waals surface area contributed by atoms with Crippen molar-refractivity contribution in [1.82, 2.24) is 9.66 Å². The molecule has 39 heavy (non-hydrogen) atoms. The first kappa shape index (κ1) is 26.8. The molecule has 0 aliphatic carbocycles. The summed E-state index contributed by atoms with van der Waals surface area (Å²) in [5.74, 6) is 1.25. The number of nitrogens with zero attached hydrogens (tertiary/aromatic N) is 3. The lowest BCUT2D eigenvalue weighted by Crippen LogP contribution is -2.20. The lowest BCUT2D eigenvalue weighted by molar-refractivity contribution is 0.269. The van der Waals surface area contributed by atoms with Crippen molar-refractivity contribution >= 4 is 51.9 Å². The minimum atomic E-state index is -0.284. The molecule has 6 nitrogen and oxygen atoms in total. The molecule has 0 atom stereocenters. The summed E-state index contributed by atoms with van der Waals surface area (Å²) >= 11 is 18.8. The molecular weight excluding hydrogens is 557 g/mol. The van der Waals surface area contributed by atoms with E-state index in [1.54, 1.807) is 42.6 Å². The van der Waals surface area contributed by atoms with Crippen LogP contribution in [0.5, 0.6) is 11.5 Å². The summed E-state index contributed by atoms with van der Waals surface area (Å²) < 4.78 is 13.1. The number of ether oxygens (including phenoxy) is 2. The summed E-state index contributed by atoms with van der Waals surface area (Å²) in [6.07, 6.45) is 1.54. The molecule has 9 heteroatoms. The number of hydrogen-bond donors (Lipinski definition) is 0. The van der Waals surface area contributed by atoms with E-state index < -0.39 is 0 Å². The maximum Gasteiger partial charge on any atom is 0.282 e. The standard InChI is InChI=1S/C30H22Cl3N3O3/c1-2-38-27-16-20(15-25(33)28(27)39-18-19-12-13-23(31)24(32)14-19)17-34-36-29(21-8-4-3-5-9-21)35-26-11-7-6-10-22(26)30(36)37/h3-17H,2,18H2,1H3. The Balaban J connectivity index is 1.51. The zero-order chi connectivity index (χ0) is 27.4. The SMILES string of the molecule is CCOc1cc(C=Nn2c(-c3ccccc3)nc3ccccc3c2=O)cc(Cl)c1OCc1ccc(Cl)c(Cl)c1. The largest absolute Gasteiger partial charge is 0.490 e. The molecule has 1 aromatic heterocycles. The maximum atomic E-state index is 13.4. The number of rotatable bonds is 8. The predicted molar refractivity (Wildman–Crippen MR) is 158 cm³/mol. The smallest absolute Gasteiger partial charge is 0.282 e. The first-order chi connectivity index (χ1) is 18.9. The van der Waals surface area contributed by atoms with Gasteiger partial charge in [0.05, 0.1) is 38.8 Å².